The van der Waals surface area contributed by atoms with Gasteiger partial charge in [0.05, 0.1) is 12.6 Å². The van der Waals surface area contributed by atoms with Crippen molar-refractivity contribution in [3.05, 3.63) is 0 Å². The zero-order chi connectivity index (χ0) is 14.1. The number of carbonyl (C=O) groups excluding carboxylic acids is 1. The van der Waals surface area contributed by atoms with E-state index >= 15 is 0 Å². The SMILES string of the molecule is C#CCNC(=O)C(C)N1CCCC(CNCCC)C1. The van der Waals surface area contributed by atoms with E-state index in [9.17, 15) is 4.79 Å². The standard InChI is InChI=1S/C15H27N3O/c1-4-8-16-11-14-7-6-10-18(12-14)13(3)15(19)17-9-5-2/h2,13-14,16H,4,6-12H2,1,3H3,(H,17,19). The topological polar surface area (TPSA) is 44.4 Å². The molecule has 0 bridgehead atoms. The average molecular weight is 265 g/mol. The Labute approximate surface area is 117 Å². The highest BCUT2D eigenvalue weighted by Gasteiger charge is 2.26. The molecule has 4 heteroatoms. The molecule has 1 rings (SSSR count). The van der Waals surface area contributed by atoms with Gasteiger partial charge in [-0.3, -0.25) is 9.69 Å². The van der Waals surface area contributed by atoms with Gasteiger partial charge >= 0.3 is 0 Å². The summed E-state index contributed by atoms with van der Waals surface area (Å²) in [6.07, 6.45) is 8.75. The molecule has 0 aliphatic carbocycles. The van der Waals surface area contributed by atoms with E-state index in [1.165, 1.54) is 19.3 Å². The molecule has 0 saturated carbocycles. The average Bonchev–Trinajstić information content (AvgIpc) is 2.44. The van der Waals surface area contributed by atoms with Gasteiger partial charge in [0.25, 0.3) is 0 Å². The fraction of sp³-hybridized carbons (Fsp3) is 0.800. The molecule has 0 radical (unpaired) electrons. The first-order valence-electron chi connectivity index (χ1n) is 7.35. The van der Waals surface area contributed by atoms with Crippen LogP contribution in [0.1, 0.15) is 33.1 Å². The van der Waals surface area contributed by atoms with Gasteiger partial charge in [0, 0.05) is 6.54 Å². The van der Waals surface area contributed by atoms with E-state index in [4.69, 9.17) is 6.42 Å². The van der Waals surface area contributed by atoms with Crippen molar-refractivity contribution in [3.8, 4) is 12.3 Å². The number of terminal acetylenes is 1. The number of likely N-dealkylation sites (tertiary alicyclic amines) is 1. The van der Waals surface area contributed by atoms with E-state index < -0.39 is 0 Å². The maximum absolute atomic E-state index is 11.9. The van der Waals surface area contributed by atoms with Crippen molar-refractivity contribution in [2.45, 2.75) is 39.2 Å². The van der Waals surface area contributed by atoms with Crippen LogP contribution in [0.15, 0.2) is 0 Å². The molecular formula is C15H27N3O. The molecule has 0 spiro atoms. The minimum atomic E-state index is -0.0812. The van der Waals surface area contributed by atoms with Crippen LogP contribution >= 0.6 is 0 Å². The van der Waals surface area contributed by atoms with E-state index in [2.05, 4.69) is 28.4 Å². The number of hydrogen-bond acceptors (Lipinski definition) is 3. The fourth-order valence-corrected chi connectivity index (χ4v) is 2.55. The lowest BCUT2D eigenvalue weighted by molar-refractivity contribution is -0.126. The number of piperidine rings is 1. The van der Waals surface area contributed by atoms with E-state index in [-0.39, 0.29) is 11.9 Å². The molecule has 1 aliphatic rings. The van der Waals surface area contributed by atoms with Gasteiger partial charge in [0.2, 0.25) is 5.91 Å². The molecule has 1 saturated heterocycles. The van der Waals surface area contributed by atoms with Crippen LogP contribution < -0.4 is 10.6 Å². The van der Waals surface area contributed by atoms with Crippen molar-refractivity contribution in [3.63, 3.8) is 0 Å². The van der Waals surface area contributed by atoms with Crippen LogP contribution in [0.4, 0.5) is 0 Å². The summed E-state index contributed by atoms with van der Waals surface area (Å²) in [5, 5.41) is 6.24. The smallest absolute Gasteiger partial charge is 0.237 e. The van der Waals surface area contributed by atoms with Gasteiger partial charge in [-0.15, -0.1) is 6.42 Å². The molecular weight excluding hydrogens is 238 g/mol. The molecule has 1 heterocycles. The van der Waals surface area contributed by atoms with Crippen molar-refractivity contribution in [2.75, 3.05) is 32.7 Å². The molecule has 108 valence electrons. The van der Waals surface area contributed by atoms with Crippen molar-refractivity contribution < 1.29 is 4.79 Å². The van der Waals surface area contributed by atoms with Crippen LogP contribution in [0, 0.1) is 18.3 Å². The Hall–Kier alpha value is -1.05. The highest BCUT2D eigenvalue weighted by molar-refractivity contribution is 5.81. The summed E-state index contributed by atoms with van der Waals surface area (Å²) in [5.74, 6) is 3.14. The maximum atomic E-state index is 11.9. The molecule has 19 heavy (non-hydrogen) atoms. The van der Waals surface area contributed by atoms with Crippen LogP contribution in [0.5, 0.6) is 0 Å². The number of nitrogens with zero attached hydrogens (tertiary/aromatic N) is 1. The van der Waals surface area contributed by atoms with Crippen molar-refractivity contribution in [1.82, 2.24) is 15.5 Å². The molecule has 2 atom stereocenters. The van der Waals surface area contributed by atoms with Crippen LogP contribution in [-0.4, -0.2) is 49.6 Å². The van der Waals surface area contributed by atoms with Gasteiger partial charge in [-0.25, -0.2) is 0 Å². The highest BCUT2D eigenvalue weighted by atomic mass is 16.2. The van der Waals surface area contributed by atoms with Gasteiger partial charge in [-0.1, -0.05) is 12.8 Å². The second-order valence-corrected chi connectivity index (χ2v) is 5.31. The zero-order valence-electron chi connectivity index (χ0n) is 12.2. The Morgan fingerprint density at radius 3 is 3.05 bits per heavy atom. The van der Waals surface area contributed by atoms with Crippen LogP contribution in [0.2, 0.25) is 0 Å². The minimum Gasteiger partial charge on any atom is -0.344 e. The van der Waals surface area contributed by atoms with E-state index in [1.54, 1.807) is 0 Å². The predicted octanol–water partition coefficient (Wildman–Crippen LogP) is 0.836. The first-order chi connectivity index (χ1) is 9.19. The van der Waals surface area contributed by atoms with Gasteiger partial charge < -0.3 is 10.6 Å². The molecule has 1 amide bonds. The van der Waals surface area contributed by atoms with E-state index in [0.717, 1.165) is 26.2 Å². The van der Waals surface area contributed by atoms with E-state index in [0.29, 0.717) is 12.5 Å². The second-order valence-electron chi connectivity index (χ2n) is 5.31. The van der Waals surface area contributed by atoms with Crippen LogP contribution in [0.3, 0.4) is 0 Å². The number of carbonyl (C=O) groups is 1. The van der Waals surface area contributed by atoms with Gasteiger partial charge in [0.15, 0.2) is 0 Å². The summed E-state index contributed by atoms with van der Waals surface area (Å²) < 4.78 is 0. The van der Waals surface area contributed by atoms with Crippen LogP contribution in [-0.2, 0) is 4.79 Å². The minimum absolute atomic E-state index is 0.0418. The largest absolute Gasteiger partial charge is 0.344 e. The Morgan fingerprint density at radius 1 is 1.58 bits per heavy atom. The third kappa shape index (κ3) is 5.63. The lowest BCUT2D eigenvalue weighted by Crippen LogP contribution is -2.50. The number of rotatable bonds is 7. The lowest BCUT2D eigenvalue weighted by atomic mass is 9.96. The van der Waals surface area contributed by atoms with Gasteiger partial charge in [0.1, 0.15) is 0 Å². The zero-order valence-corrected chi connectivity index (χ0v) is 12.2. The first kappa shape index (κ1) is 16.0. The third-order valence-corrected chi connectivity index (χ3v) is 3.70. The lowest BCUT2D eigenvalue weighted by Gasteiger charge is -2.36. The van der Waals surface area contributed by atoms with Crippen molar-refractivity contribution in [2.24, 2.45) is 5.92 Å². The van der Waals surface area contributed by atoms with E-state index in [1.807, 2.05) is 6.92 Å². The maximum Gasteiger partial charge on any atom is 0.237 e. The van der Waals surface area contributed by atoms with Gasteiger partial charge in [-0.2, -0.15) is 0 Å². The quantitative estimate of drug-likeness (QED) is 0.529. The van der Waals surface area contributed by atoms with Crippen molar-refractivity contribution in [1.29, 1.82) is 0 Å². The van der Waals surface area contributed by atoms with Gasteiger partial charge in [-0.05, 0) is 51.7 Å². The molecule has 4 nitrogen and oxygen atoms in total. The summed E-state index contributed by atoms with van der Waals surface area (Å²) in [6, 6.07) is -0.0812. The Bertz CT molecular complexity index is 311. The Kier molecular flexibility index (Phi) is 7.54. The third-order valence-electron chi connectivity index (χ3n) is 3.70. The molecule has 2 unspecified atom stereocenters. The summed E-state index contributed by atoms with van der Waals surface area (Å²) in [4.78, 5) is 14.2. The normalized spacial score (nSPS) is 21.6. The summed E-state index contributed by atoms with van der Waals surface area (Å²) >= 11 is 0. The second kappa shape index (κ2) is 8.95. The number of amides is 1. The molecule has 0 aromatic carbocycles. The molecule has 2 N–H and O–H groups in total. The molecule has 1 fully saturated rings. The molecule has 0 aromatic heterocycles. The summed E-state index contributed by atoms with van der Waals surface area (Å²) in [7, 11) is 0. The molecule has 0 aromatic rings. The highest BCUT2D eigenvalue weighted by Crippen LogP contribution is 2.18. The Morgan fingerprint density at radius 2 is 2.37 bits per heavy atom. The summed E-state index contributed by atoms with van der Waals surface area (Å²) in [5.41, 5.74) is 0. The predicted molar refractivity (Wildman–Crippen MR) is 78.8 cm³/mol. The summed E-state index contributed by atoms with van der Waals surface area (Å²) in [6.45, 7) is 8.61. The van der Waals surface area contributed by atoms with Crippen molar-refractivity contribution >= 4 is 5.91 Å². The van der Waals surface area contributed by atoms with Crippen LogP contribution in [0.25, 0.3) is 0 Å². The monoisotopic (exact) mass is 265 g/mol. The fourth-order valence-electron chi connectivity index (χ4n) is 2.55. The number of hydrogen-bond donors (Lipinski definition) is 2. The Balaban J connectivity index is 2.36. The number of nitrogens with one attached hydrogen (secondary N) is 2. The molecule has 1 aliphatic heterocycles. The first-order valence-corrected chi connectivity index (χ1v) is 7.35.